The van der Waals surface area contributed by atoms with Gasteiger partial charge in [0, 0.05) is 12.8 Å². The third kappa shape index (κ3) is 8.86. The van der Waals surface area contributed by atoms with Gasteiger partial charge in [-0.05, 0) is 37.0 Å². The van der Waals surface area contributed by atoms with E-state index in [4.69, 9.17) is 14.2 Å². The van der Waals surface area contributed by atoms with E-state index in [2.05, 4.69) is 20.1 Å². The second kappa shape index (κ2) is 13.2. The van der Waals surface area contributed by atoms with Crippen LogP contribution < -0.4 is 4.74 Å². The quantitative estimate of drug-likeness (QED) is 0.337. The molecule has 4 nitrogen and oxygen atoms in total. The van der Waals surface area contributed by atoms with Crippen LogP contribution in [0.1, 0.15) is 51.0 Å². The number of methoxy groups -OCH3 is 1. The van der Waals surface area contributed by atoms with Crippen molar-refractivity contribution < 1.29 is 19.0 Å². The monoisotopic (exact) mass is 360 g/mol. The van der Waals surface area contributed by atoms with Gasteiger partial charge in [0.05, 0.1) is 19.8 Å². The lowest BCUT2D eigenvalue weighted by atomic mass is 10.1. The highest BCUT2D eigenvalue weighted by Crippen LogP contribution is 2.15. The predicted octanol–water partition coefficient (Wildman–Crippen LogP) is 5.22. The predicted molar refractivity (Wildman–Crippen MR) is 105 cm³/mol. The molecule has 0 bridgehead atoms. The summed E-state index contributed by atoms with van der Waals surface area (Å²) in [5.41, 5.74) is 1.07. The van der Waals surface area contributed by atoms with Crippen LogP contribution in [-0.4, -0.2) is 25.3 Å². The third-order valence-electron chi connectivity index (χ3n) is 4.09. The van der Waals surface area contributed by atoms with Gasteiger partial charge in [0.15, 0.2) is 0 Å². The van der Waals surface area contributed by atoms with Crippen molar-refractivity contribution in [3.63, 3.8) is 0 Å². The summed E-state index contributed by atoms with van der Waals surface area (Å²) in [6.07, 6.45) is 7.88. The van der Waals surface area contributed by atoms with E-state index in [9.17, 15) is 4.79 Å². The third-order valence-corrected chi connectivity index (χ3v) is 4.09. The summed E-state index contributed by atoms with van der Waals surface area (Å²) in [5, 5.41) is 0. The van der Waals surface area contributed by atoms with Crippen molar-refractivity contribution >= 4 is 5.97 Å². The molecule has 144 valence electrons. The fourth-order valence-electron chi connectivity index (χ4n) is 2.62. The molecular formula is C22H32O4. The number of rotatable bonds is 14. The summed E-state index contributed by atoms with van der Waals surface area (Å²) in [7, 11) is 1.64. The minimum absolute atomic E-state index is 0.0495. The zero-order valence-corrected chi connectivity index (χ0v) is 16.1. The van der Waals surface area contributed by atoms with Gasteiger partial charge in [0.25, 0.3) is 0 Å². The van der Waals surface area contributed by atoms with E-state index in [1.165, 1.54) is 0 Å². The maximum atomic E-state index is 12.0. The number of carbonyl (C=O) groups excluding carboxylic acids is 1. The van der Waals surface area contributed by atoms with E-state index >= 15 is 0 Å². The highest BCUT2D eigenvalue weighted by Gasteiger charge is 2.13. The zero-order valence-electron chi connectivity index (χ0n) is 16.1. The van der Waals surface area contributed by atoms with E-state index < -0.39 is 0 Å². The Morgan fingerprint density at radius 3 is 2.50 bits per heavy atom. The molecule has 0 saturated carbocycles. The Kier molecular flexibility index (Phi) is 11.1. The van der Waals surface area contributed by atoms with Crippen molar-refractivity contribution in [3.8, 4) is 5.75 Å². The van der Waals surface area contributed by atoms with Gasteiger partial charge in [-0.1, -0.05) is 37.6 Å². The summed E-state index contributed by atoms with van der Waals surface area (Å²) >= 11 is 0. The number of esters is 1. The van der Waals surface area contributed by atoms with Crippen molar-refractivity contribution in [1.82, 2.24) is 0 Å². The van der Waals surface area contributed by atoms with Crippen LogP contribution in [0.25, 0.3) is 0 Å². The lowest BCUT2D eigenvalue weighted by molar-refractivity contribution is -0.149. The van der Waals surface area contributed by atoms with Crippen molar-refractivity contribution in [3.05, 3.63) is 55.1 Å². The van der Waals surface area contributed by atoms with E-state index in [-0.39, 0.29) is 18.2 Å². The first-order valence-corrected chi connectivity index (χ1v) is 9.30. The molecule has 0 radical (unpaired) electrons. The van der Waals surface area contributed by atoms with Crippen molar-refractivity contribution in [1.29, 1.82) is 0 Å². The average Bonchev–Trinajstić information content (AvgIpc) is 2.65. The Labute approximate surface area is 157 Å². The molecule has 0 aliphatic rings. The first kappa shape index (κ1) is 22.0. The lowest BCUT2D eigenvalue weighted by Crippen LogP contribution is -2.18. The largest absolute Gasteiger partial charge is 0.497 e. The molecule has 0 aliphatic carbocycles. The SMILES string of the molecule is C=CC[C@@H](CCC)OC(=O)CCC[C@@H](C=C)OCc1ccc(OC)cc1. The molecule has 2 atom stereocenters. The van der Waals surface area contributed by atoms with Crippen molar-refractivity contribution in [2.45, 2.75) is 64.3 Å². The fourth-order valence-corrected chi connectivity index (χ4v) is 2.62. The molecule has 1 aromatic carbocycles. The molecule has 0 saturated heterocycles. The zero-order chi connectivity index (χ0) is 19.2. The molecule has 0 aromatic heterocycles. The molecule has 4 heteroatoms. The summed E-state index contributed by atoms with van der Waals surface area (Å²) in [4.78, 5) is 12.0. The topological polar surface area (TPSA) is 44.8 Å². The Morgan fingerprint density at radius 1 is 1.19 bits per heavy atom. The van der Waals surface area contributed by atoms with Crippen LogP contribution in [0.2, 0.25) is 0 Å². The van der Waals surface area contributed by atoms with Crippen molar-refractivity contribution in [2.24, 2.45) is 0 Å². The Balaban J connectivity index is 2.30. The van der Waals surface area contributed by atoms with Gasteiger partial charge in [-0.2, -0.15) is 0 Å². The summed E-state index contributed by atoms with van der Waals surface area (Å²) in [6, 6.07) is 7.77. The average molecular weight is 360 g/mol. The second-order valence-corrected chi connectivity index (χ2v) is 6.25. The van der Waals surface area contributed by atoms with E-state index in [1.54, 1.807) is 19.3 Å². The maximum absolute atomic E-state index is 12.0. The number of hydrogen-bond donors (Lipinski definition) is 0. The summed E-state index contributed by atoms with van der Waals surface area (Å²) in [5.74, 6) is 0.675. The van der Waals surface area contributed by atoms with Crippen LogP contribution >= 0.6 is 0 Å². The minimum atomic E-state index is -0.150. The fraction of sp³-hybridized carbons (Fsp3) is 0.500. The van der Waals surface area contributed by atoms with Crippen LogP contribution in [0.5, 0.6) is 5.75 Å². The molecule has 0 heterocycles. The van der Waals surface area contributed by atoms with Gasteiger partial charge >= 0.3 is 5.97 Å². The number of hydrogen-bond acceptors (Lipinski definition) is 4. The molecule has 0 spiro atoms. The molecule has 0 N–H and O–H groups in total. The summed E-state index contributed by atoms with van der Waals surface area (Å²) in [6.45, 7) is 10.1. The van der Waals surface area contributed by atoms with Crippen LogP contribution in [-0.2, 0) is 20.9 Å². The van der Waals surface area contributed by atoms with Gasteiger partial charge in [-0.15, -0.1) is 13.2 Å². The summed E-state index contributed by atoms with van der Waals surface area (Å²) < 4.78 is 16.5. The minimum Gasteiger partial charge on any atom is -0.497 e. The lowest BCUT2D eigenvalue weighted by Gasteiger charge is -2.17. The molecular weight excluding hydrogens is 328 g/mol. The van der Waals surface area contributed by atoms with Crippen LogP contribution in [0.3, 0.4) is 0 Å². The Morgan fingerprint density at radius 2 is 1.92 bits per heavy atom. The Hall–Kier alpha value is -2.07. The van der Waals surface area contributed by atoms with Crippen LogP contribution in [0, 0.1) is 0 Å². The highest BCUT2D eigenvalue weighted by atomic mass is 16.5. The van der Waals surface area contributed by atoms with E-state index in [0.717, 1.165) is 30.6 Å². The van der Waals surface area contributed by atoms with Gasteiger partial charge in [0.2, 0.25) is 0 Å². The normalized spacial score (nSPS) is 12.8. The Bertz CT molecular complexity index is 536. The molecule has 0 amide bonds. The van der Waals surface area contributed by atoms with Crippen molar-refractivity contribution in [2.75, 3.05) is 7.11 Å². The van der Waals surface area contributed by atoms with Gasteiger partial charge in [-0.3, -0.25) is 4.79 Å². The molecule has 26 heavy (non-hydrogen) atoms. The van der Waals surface area contributed by atoms with E-state index in [0.29, 0.717) is 25.9 Å². The molecule has 1 aromatic rings. The maximum Gasteiger partial charge on any atom is 0.306 e. The molecule has 0 fully saturated rings. The van der Waals surface area contributed by atoms with Gasteiger partial charge < -0.3 is 14.2 Å². The number of ether oxygens (including phenoxy) is 3. The first-order valence-electron chi connectivity index (χ1n) is 9.30. The number of benzene rings is 1. The van der Waals surface area contributed by atoms with Crippen LogP contribution in [0.4, 0.5) is 0 Å². The molecule has 0 unspecified atom stereocenters. The van der Waals surface area contributed by atoms with Gasteiger partial charge in [0.1, 0.15) is 11.9 Å². The number of carbonyl (C=O) groups is 1. The standard InChI is InChI=1S/C22H32O4/c1-5-9-21(10-6-2)26-22(23)12-8-11-19(7-3)25-17-18-13-15-20(24-4)16-14-18/h5,7,13-16,19,21H,1,3,6,8-12,17H2,2,4H3/t19-,21+/m1/s1. The van der Waals surface area contributed by atoms with Crippen LogP contribution in [0.15, 0.2) is 49.6 Å². The molecule has 1 rings (SSSR count). The smallest absolute Gasteiger partial charge is 0.306 e. The van der Waals surface area contributed by atoms with Gasteiger partial charge in [-0.25, -0.2) is 0 Å². The highest BCUT2D eigenvalue weighted by molar-refractivity contribution is 5.69. The van der Waals surface area contributed by atoms with E-state index in [1.807, 2.05) is 24.3 Å². The second-order valence-electron chi connectivity index (χ2n) is 6.25. The first-order chi connectivity index (χ1) is 12.6. The molecule has 0 aliphatic heterocycles.